The van der Waals surface area contributed by atoms with Crippen molar-refractivity contribution in [2.45, 2.75) is 20.8 Å². The number of aryl methyl sites for hydroxylation is 1. The summed E-state index contributed by atoms with van der Waals surface area (Å²) in [5.74, 6) is 1.53. The normalized spacial score (nSPS) is 12.2. The monoisotopic (exact) mass is 218 g/mol. The molecule has 0 spiro atoms. The highest BCUT2D eigenvalue weighted by Crippen LogP contribution is 2.35. The number of rotatable bonds is 0. The van der Waals surface area contributed by atoms with E-state index in [2.05, 4.69) is 9.97 Å². The second-order valence-electron chi connectivity index (χ2n) is 3.18. The molecule has 3 rings (SSSR count). The van der Waals surface area contributed by atoms with Crippen molar-refractivity contribution < 1.29 is 9.47 Å². The maximum Gasteiger partial charge on any atom is 0.231 e. The van der Waals surface area contributed by atoms with Gasteiger partial charge in [-0.15, -0.1) is 0 Å². The highest BCUT2D eigenvalue weighted by Gasteiger charge is 2.15. The third-order valence-corrected chi connectivity index (χ3v) is 2.33. The Labute approximate surface area is 94.2 Å². The summed E-state index contributed by atoms with van der Waals surface area (Å²) in [5.41, 5.74) is 1.84. The molecule has 4 nitrogen and oxygen atoms in total. The number of nitrogens with zero attached hydrogens (tertiary/aromatic N) is 2. The largest absolute Gasteiger partial charge is 0.454 e. The van der Waals surface area contributed by atoms with Crippen LogP contribution in [0.15, 0.2) is 18.5 Å². The van der Waals surface area contributed by atoms with Crippen molar-refractivity contribution in [3.63, 3.8) is 0 Å². The van der Waals surface area contributed by atoms with Gasteiger partial charge in [0.15, 0.2) is 11.5 Å². The lowest BCUT2D eigenvalue weighted by molar-refractivity contribution is 0.174. The number of aromatic nitrogens is 2. The zero-order valence-electron chi connectivity index (χ0n) is 9.65. The zero-order chi connectivity index (χ0) is 11.5. The molecule has 0 N–H and O–H groups in total. The molecule has 0 saturated carbocycles. The third kappa shape index (κ3) is 1.66. The first-order valence-corrected chi connectivity index (χ1v) is 5.35. The first kappa shape index (κ1) is 10.7. The summed E-state index contributed by atoms with van der Waals surface area (Å²) >= 11 is 0. The Balaban J connectivity index is 0.000000457. The Bertz CT molecular complexity index is 512. The van der Waals surface area contributed by atoms with E-state index in [1.807, 2.05) is 32.9 Å². The molecule has 2 heterocycles. The molecule has 0 amide bonds. The number of fused-ring (bicyclic) bond motifs is 2. The molecule has 0 aliphatic carbocycles. The van der Waals surface area contributed by atoms with E-state index >= 15 is 0 Å². The molecule has 84 valence electrons. The molecule has 0 bridgehead atoms. The second kappa shape index (κ2) is 4.35. The molecule has 0 saturated heterocycles. The SMILES string of the molecule is CC.Cc1ncnc2cc3c(cc12)OCO3. The van der Waals surface area contributed by atoms with Gasteiger partial charge in [0.25, 0.3) is 0 Å². The van der Waals surface area contributed by atoms with Crippen LogP contribution < -0.4 is 9.47 Å². The van der Waals surface area contributed by atoms with Gasteiger partial charge in [-0.1, -0.05) is 13.8 Å². The predicted molar refractivity (Wildman–Crippen MR) is 61.7 cm³/mol. The predicted octanol–water partition coefficient (Wildman–Crippen LogP) is 2.69. The lowest BCUT2D eigenvalue weighted by Crippen LogP contribution is -1.92. The van der Waals surface area contributed by atoms with Gasteiger partial charge in [-0.25, -0.2) is 9.97 Å². The summed E-state index contributed by atoms with van der Waals surface area (Å²) < 4.78 is 10.5. The van der Waals surface area contributed by atoms with Gasteiger partial charge < -0.3 is 9.47 Å². The quantitative estimate of drug-likeness (QED) is 0.682. The Kier molecular flexibility index (Phi) is 2.90. The highest BCUT2D eigenvalue weighted by molar-refractivity contribution is 5.84. The number of hydrogen-bond acceptors (Lipinski definition) is 4. The van der Waals surface area contributed by atoms with Crippen LogP contribution >= 0.6 is 0 Å². The average Bonchev–Trinajstić information content (AvgIpc) is 2.77. The fraction of sp³-hybridized carbons (Fsp3) is 0.333. The Morgan fingerprint density at radius 2 is 1.75 bits per heavy atom. The van der Waals surface area contributed by atoms with Crippen molar-refractivity contribution in [3.8, 4) is 11.5 Å². The van der Waals surface area contributed by atoms with Gasteiger partial charge in [0, 0.05) is 17.1 Å². The van der Waals surface area contributed by atoms with Crippen LogP contribution in [0.25, 0.3) is 10.9 Å². The Hall–Kier alpha value is -1.84. The van der Waals surface area contributed by atoms with Crippen LogP contribution in [-0.4, -0.2) is 16.8 Å². The standard InChI is InChI=1S/C10H8N2O2.C2H6/c1-6-7-2-9-10(14-5-13-9)3-8(7)12-4-11-6;1-2/h2-4H,5H2,1H3;1-2H3. The third-order valence-electron chi connectivity index (χ3n) is 2.33. The molecule has 4 heteroatoms. The smallest absolute Gasteiger partial charge is 0.231 e. The zero-order valence-corrected chi connectivity index (χ0v) is 9.65. The lowest BCUT2D eigenvalue weighted by atomic mass is 10.2. The molecule has 2 aromatic rings. The van der Waals surface area contributed by atoms with Crippen LogP contribution in [0.3, 0.4) is 0 Å². The first-order valence-electron chi connectivity index (χ1n) is 5.35. The summed E-state index contributed by atoms with van der Waals surface area (Å²) in [6.45, 7) is 6.24. The maximum atomic E-state index is 5.28. The number of hydrogen-bond donors (Lipinski definition) is 0. The van der Waals surface area contributed by atoms with Crippen LogP contribution in [0.4, 0.5) is 0 Å². The van der Waals surface area contributed by atoms with E-state index in [0.29, 0.717) is 0 Å². The van der Waals surface area contributed by atoms with Gasteiger partial charge in [-0.3, -0.25) is 0 Å². The molecule has 1 aromatic heterocycles. The van der Waals surface area contributed by atoms with Crippen molar-refractivity contribution in [2.75, 3.05) is 6.79 Å². The molecule has 0 unspecified atom stereocenters. The number of benzene rings is 1. The summed E-state index contributed by atoms with van der Waals surface area (Å²) in [7, 11) is 0. The van der Waals surface area contributed by atoms with E-state index < -0.39 is 0 Å². The summed E-state index contributed by atoms with van der Waals surface area (Å²) in [6.07, 6.45) is 1.56. The van der Waals surface area contributed by atoms with E-state index in [1.165, 1.54) is 0 Å². The van der Waals surface area contributed by atoms with Crippen molar-refractivity contribution in [1.29, 1.82) is 0 Å². The van der Waals surface area contributed by atoms with E-state index in [-0.39, 0.29) is 6.79 Å². The van der Waals surface area contributed by atoms with Gasteiger partial charge in [0.1, 0.15) is 6.33 Å². The summed E-state index contributed by atoms with van der Waals surface area (Å²) in [6, 6.07) is 3.80. The summed E-state index contributed by atoms with van der Waals surface area (Å²) in [5, 5.41) is 1.01. The first-order chi connectivity index (χ1) is 7.84. The fourth-order valence-corrected chi connectivity index (χ4v) is 1.58. The highest BCUT2D eigenvalue weighted by atomic mass is 16.7. The van der Waals surface area contributed by atoms with Crippen LogP contribution in [0.2, 0.25) is 0 Å². The van der Waals surface area contributed by atoms with Crippen molar-refractivity contribution >= 4 is 10.9 Å². The van der Waals surface area contributed by atoms with Gasteiger partial charge in [0.05, 0.1) is 5.52 Å². The van der Waals surface area contributed by atoms with E-state index in [0.717, 1.165) is 28.1 Å². The van der Waals surface area contributed by atoms with Crippen LogP contribution in [0, 0.1) is 6.92 Å². The molecular weight excluding hydrogens is 204 g/mol. The average molecular weight is 218 g/mol. The van der Waals surface area contributed by atoms with Gasteiger partial charge in [-0.05, 0) is 13.0 Å². The fourth-order valence-electron chi connectivity index (χ4n) is 1.58. The molecule has 1 aliphatic heterocycles. The van der Waals surface area contributed by atoms with Crippen molar-refractivity contribution in [3.05, 3.63) is 24.2 Å². The van der Waals surface area contributed by atoms with Gasteiger partial charge >= 0.3 is 0 Å². The van der Waals surface area contributed by atoms with Gasteiger partial charge in [0.2, 0.25) is 6.79 Å². The molecule has 0 fully saturated rings. The van der Waals surface area contributed by atoms with Crippen LogP contribution in [-0.2, 0) is 0 Å². The lowest BCUT2D eigenvalue weighted by Gasteiger charge is -2.01. The minimum Gasteiger partial charge on any atom is -0.454 e. The molecular formula is C12H14N2O2. The van der Waals surface area contributed by atoms with Crippen LogP contribution in [0.5, 0.6) is 11.5 Å². The molecule has 1 aromatic carbocycles. The van der Waals surface area contributed by atoms with E-state index in [1.54, 1.807) is 6.33 Å². The van der Waals surface area contributed by atoms with Crippen molar-refractivity contribution in [2.24, 2.45) is 0 Å². The second-order valence-corrected chi connectivity index (χ2v) is 3.18. The van der Waals surface area contributed by atoms with E-state index in [4.69, 9.17) is 9.47 Å². The maximum absolute atomic E-state index is 5.28. The topological polar surface area (TPSA) is 44.2 Å². The molecule has 16 heavy (non-hydrogen) atoms. The minimum absolute atomic E-state index is 0.290. The van der Waals surface area contributed by atoms with Gasteiger partial charge in [-0.2, -0.15) is 0 Å². The van der Waals surface area contributed by atoms with E-state index in [9.17, 15) is 0 Å². The summed E-state index contributed by atoms with van der Waals surface area (Å²) in [4.78, 5) is 8.30. The molecule has 0 radical (unpaired) electrons. The molecule has 1 aliphatic rings. The number of ether oxygens (including phenoxy) is 2. The minimum atomic E-state index is 0.290. The van der Waals surface area contributed by atoms with Crippen LogP contribution in [0.1, 0.15) is 19.5 Å². The Morgan fingerprint density at radius 3 is 2.50 bits per heavy atom. The van der Waals surface area contributed by atoms with Crippen molar-refractivity contribution in [1.82, 2.24) is 9.97 Å². The molecule has 0 atom stereocenters. The Morgan fingerprint density at radius 1 is 1.06 bits per heavy atom.